The van der Waals surface area contributed by atoms with Crippen LogP contribution >= 0.6 is 0 Å². The lowest BCUT2D eigenvalue weighted by Crippen LogP contribution is -2.41. The molecular weight excluding hydrogens is 525 g/mol. The standard InChI is InChI=1S/C32H26FN3O5/c1-39-28-17-23-24(18-29(28)40-2)35-16-13-27(23)41-26-12-11-25(21-5-3-4-6-22(21)26)36(20-9-7-19(33)8-10-20)31(38)32(14-15-32)30(34)37/h3-13,16-18H,14-15H2,1-2H3,(H2,34,37). The number of hydrogen-bond donors (Lipinski definition) is 1. The van der Waals surface area contributed by atoms with Crippen LogP contribution in [0.25, 0.3) is 21.7 Å². The molecule has 0 saturated heterocycles. The highest BCUT2D eigenvalue weighted by Gasteiger charge is 2.57. The lowest BCUT2D eigenvalue weighted by Gasteiger charge is -2.28. The van der Waals surface area contributed by atoms with Gasteiger partial charge in [-0.15, -0.1) is 0 Å². The molecule has 1 heterocycles. The largest absolute Gasteiger partial charge is 0.493 e. The number of methoxy groups -OCH3 is 2. The van der Waals surface area contributed by atoms with Crippen molar-refractivity contribution >= 4 is 44.9 Å². The normalized spacial score (nSPS) is 13.5. The predicted molar refractivity (Wildman–Crippen MR) is 153 cm³/mol. The zero-order valence-corrected chi connectivity index (χ0v) is 22.4. The summed E-state index contributed by atoms with van der Waals surface area (Å²) in [7, 11) is 3.12. The van der Waals surface area contributed by atoms with Crippen molar-refractivity contribution in [2.45, 2.75) is 12.8 Å². The number of amides is 2. The first-order valence-electron chi connectivity index (χ1n) is 13.0. The minimum atomic E-state index is -1.29. The van der Waals surface area contributed by atoms with Crippen LogP contribution in [-0.4, -0.2) is 31.0 Å². The summed E-state index contributed by atoms with van der Waals surface area (Å²) in [5.74, 6) is 0.612. The second kappa shape index (κ2) is 10.1. The second-order valence-corrected chi connectivity index (χ2v) is 9.83. The van der Waals surface area contributed by atoms with Crippen molar-refractivity contribution in [2.24, 2.45) is 11.1 Å². The number of pyridine rings is 1. The lowest BCUT2D eigenvalue weighted by molar-refractivity contribution is -0.133. The predicted octanol–water partition coefficient (Wildman–Crippen LogP) is 6.27. The van der Waals surface area contributed by atoms with E-state index in [9.17, 15) is 14.0 Å². The Morgan fingerprint density at radius 3 is 2.15 bits per heavy atom. The van der Waals surface area contributed by atoms with Crippen LogP contribution in [0.1, 0.15) is 12.8 Å². The Kier molecular flexibility index (Phi) is 6.42. The van der Waals surface area contributed by atoms with E-state index in [1.807, 2.05) is 24.3 Å². The van der Waals surface area contributed by atoms with Crippen molar-refractivity contribution in [3.63, 3.8) is 0 Å². The highest BCUT2D eigenvalue weighted by Crippen LogP contribution is 2.50. The van der Waals surface area contributed by atoms with Crippen molar-refractivity contribution in [1.82, 2.24) is 4.98 Å². The van der Waals surface area contributed by atoms with E-state index in [1.165, 1.54) is 29.2 Å². The Morgan fingerprint density at radius 1 is 0.829 bits per heavy atom. The summed E-state index contributed by atoms with van der Waals surface area (Å²) >= 11 is 0. The van der Waals surface area contributed by atoms with Gasteiger partial charge in [0, 0.05) is 34.1 Å². The summed E-state index contributed by atoms with van der Waals surface area (Å²) in [6, 6.07) is 21.9. The van der Waals surface area contributed by atoms with Crippen molar-refractivity contribution in [3.05, 3.63) is 90.9 Å². The fourth-order valence-corrected chi connectivity index (χ4v) is 5.06. The second-order valence-electron chi connectivity index (χ2n) is 9.83. The number of carbonyl (C=O) groups excluding carboxylic acids is 2. The third-order valence-electron chi connectivity index (χ3n) is 7.45. The van der Waals surface area contributed by atoms with Gasteiger partial charge in [0.2, 0.25) is 11.8 Å². The molecule has 0 unspecified atom stereocenters. The first-order valence-corrected chi connectivity index (χ1v) is 13.0. The summed E-state index contributed by atoms with van der Waals surface area (Å²) < 4.78 is 31.2. The highest BCUT2D eigenvalue weighted by molar-refractivity contribution is 6.19. The fourth-order valence-electron chi connectivity index (χ4n) is 5.06. The molecule has 0 atom stereocenters. The molecule has 1 aromatic heterocycles. The quantitative estimate of drug-likeness (QED) is 0.228. The Labute approximate surface area is 235 Å². The minimum absolute atomic E-state index is 0.362. The molecule has 41 heavy (non-hydrogen) atoms. The summed E-state index contributed by atoms with van der Waals surface area (Å²) in [6.45, 7) is 0. The molecular formula is C32H26FN3O5. The Hall–Kier alpha value is -5.18. The average molecular weight is 552 g/mol. The number of rotatable bonds is 8. The number of halogens is 1. The molecule has 0 bridgehead atoms. The van der Waals surface area contributed by atoms with Gasteiger partial charge in [-0.1, -0.05) is 24.3 Å². The van der Waals surface area contributed by atoms with E-state index in [0.717, 1.165) is 10.8 Å². The summed E-state index contributed by atoms with van der Waals surface area (Å²) in [6.07, 6.45) is 2.37. The van der Waals surface area contributed by atoms with E-state index in [2.05, 4.69) is 4.98 Å². The molecule has 2 N–H and O–H groups in total. The molecule has 2 amide bonds. The summed E-state index contributed by atoms with van der Waals surface area (Å²) in [5, 5.41) is 2.14. The summed E-state index contributed by atoms with van der Waals surface area (Å²) in [5.41, 5.74) is 5.98. The number of carbonyl (C=O) groups is 2. The third-order valence-corrected chi connectivity index (χ3v) is 7.45. The van der Waals surface area contributed by atoms with E-state index in [0.29, 0.717) is 58.1 Å². The summed E-state index contributed by atoms with van der Waals surface area (Å²) in [4.78, 5) is 32.1. The van der Waals surface area contributed by atoms with Gasteiger partial charge in [-0.2, -0.15) is 0 Å². The molecule has 5 aromatic rings. The maximum atomic E-state index is 13.9. The van der Waals surface area contributed by atoms with Crippen LogP contribution in [0.3, 0.4) is 0 Å². The minimum Gasteiger partial charge on any atom is -0.493 e. The number of benzene rings is 4. The van der Waals surface area contributed by atoms with Gasteiger partial charge >= 0.3 is 0 Å². The molecule has 1 aliphatic rings. The van der Waals surface area contributed by atoms with Crippen molar-refractivity contribution < 1.29 is 28.2 Å². The number of anilines is 2. The Bertz CT molecular complexity index is 1820. The van der Waals surface area contributed by atoms with Crippen LogP contribution < -0.4 is 24.8 Å². The Balaban J connectivity index is 1.49. The average Bonchev–Trinajstić information content (AvgIpc) is 3.81. The topological polar surface area (TPSA) is 104 Å². The molecule has 1 saturated carbocycles. The maximum absolute atomic E-state index is 13.9. The van der Waals surface area contributed by atoms with Crippen LogP contribution in [0.5, 0.6) is 23.0 Å². The first kappa shape index (κ1) is 26.1. The molecule has 0 spiro atoms. The van der Waals surface area contributed by atoms with Gasteiger partial charge in [0.1, 0.15) is 22.7 Å². The number of primary amides is 1. The van der Waals surface area contributed by atoms with E-state index < -0.39 is 23.0 Å². The van der Waals surface area contributed by atoms with Crippen LogP contribution in [0, 0.1) is 11.2 Å². The van der Waals surface area contributed by atoms with Gasteiger partial charge in [-0.25, -0.2) is 4.39 Å². The number of aromatic nitrogens is 1. The molecule has 8 nitrogen and oxygen atoms in total. The molecule has 4 aromatic carbocycles. The Morgan fingerprint density at radius 2 is 1.49 bits per heavy atom. The van der Waals surface area contributed by atoms with E-state index in [-0.39, 0.29) is 0 Å². The van der Waals surface area contributed by atoms with Gasteiger partial charge in [-0.3, -0.25) is 19.5 Å². The lowest BCUT2D eigenvalue weighted by atomic mass is 10.0. The molecule has 0 aliphatic heterocycles. The molecule has 9 heteroatoms. The number of ether oxygens (including phenoxy) is 3. The van der Waals surface area contributed by atoms with Gasteiger partial charge in [0.15, 0.2) is 11.5 Å². The molecule has 0 radical (unpaired) electrons. The third kappa shape index (κ3) is 4.45. The van der Waals surface area contributed by atoms with Gasteiger partial charge in [0.05, 0.1) is 25.4 Å². The van der Waals surface area contributed by atoms with Gasteiger partial charge in [-0.05, 0) is 61.4 Å². The number of hydrogen-bond acceptors (Lipinski definition) is 6. The van der Waals surface area contributed by atoms with Gasteiger partial charge < -0.3 is 19.9 Å². The maximum Gasteiger partial charge on any atom is 0.247 e. The fraction of sp³-hybridized carbons (Fsp3) is 0.156. The molecule has 1 aliphatic carbocycles. The van der Waals surface area contributed by atoms with E-state index in [4.69, 9.17) is 19.9 Å². The monoisotopic (exact) mass is 551 g/mol. The zero-order valence-electron chi connectivity index (χ0n) is 22.4. The zero-order chi connectivity index (χ0) is 28.7. The number of nitrogens with zero attached hydrogens (tertiary/aromatic N) is 2. The van der Waals surface area contributed by atoms with Crippen LogP contribution in [0.15, 0.2) is 85.1 Å². The van der Waals surface area contributed by atoms with Crippen LogP contribution in [0.4, 0.5) is 15.8 Å². The van der Waals surface area contributed by atoms with Gasteiger partial charge in [0.25, 0.3) is 0 Å². The first-order chi connectivity index (χ1) is 19.9. The van der Waals surface area contributed by atoms with E-state index in [1.54, 1.807) is 50.7 Å². The molecule has 206 valence electrons. The molecule has 6 rings (SSSR count). The van der Waals surface area contributed by atoms with Crippen LogP contribution in [0.2, 0.25) is 0 Å². The van der Waals surface area contributed by atoms with Crippen molar-refractivity contribution in [3.8, 4) is 23.0 Å². The van der Waals surface area contributed by atoms with Crippen LogP contribution in [-0.2, 0) is 9.59 Å². The van der Waals surface area contributed by atoms with Crippen molar-refractivity contribution in [1.29, 1.82) is 0 Å². The number of fused-ring (bicyclic) bond motifs is 2. The molecule has 1 fully saturated rings. The van der Waals surface area contributed by atoms with E-state index >= 15 is 0 Å². The number of nitrogens with two attached hydrogens (primary N) is 1. The van der Waals surface area contributed by atoms with Crippen molar-refractivity contribution in [2.75, 3.05) is 19.1 Å². The smallest absolute Gasteiger partial charge is 0.247 e. The highest BCUT2D eigenvalue weighted by atomic mass is 19.1. The SMILES string of the molecule is COc1cc2nccc(Oc3ccc(N(C(=O)C4(C(N)=O)CC4)c4ccc(F)cc4)c4ccccc34)c2cc1OC.